The van der Waals surface area contributed by atoms with Gasteiger partial charge in [0.25, 0.3) is 0 Å². The highest BCUT2D eigenvalue weighted by Crippen LogP contribution is 2.25. The van der Waals surface area contributed by atoms with Crippen molar-refractivity contribution in [2.75, 3.05) is 5.32 Å². The second-order valence-corrected chi connectivity index (χ2v) is 6.96. The third-order valence-corrected chi connectivity index (χ3v) is 3.84. The Balaban J connectivity index is 2.06. The van der Waals surface area contributed by atoms with Gasteiger partial charge in [-0.25, -0.2) is 4.98 Å². The van der Waals surface area contributed by atoms with Crippen LogP contribution in [0.3, 0.4) is 0 Å². The maximum atomic E-state index is 5.81. The van der Waals surface area contributed by atoms with Crippen LogP contribution >= 0.6 is 22.9 Å². The SMILES string of the molecule is CC(C)(C)c1cccc(NCc2cnc(Cl)s2)c1. The van der Waals surface area contributed by atoms with E-state index in [1.807, 2.05) is 6.20 Å². The molecule has 2 nitrogen and oxygen atoms in total. The molecule has 0 saturated carbocycles. The number of nitrogens with zero attached hydrogens (tertiary/aromatic N) is 1. The van der Waals surface area contributed by atoms with E-state index in [9.17, 15) is 0 Å². The Morgan fingerprint density at radius 1 is 1.33 bits per heavy atom. The van der Waals surface area contributed by atoms with Gasteiger partial charge >= 0.3 is 0 Å². The van der Waals surface area contributed by atoms with Crippen LogP contribution in [0.5, 0.6) is 0 Å². The largest absolute Gasteiger partial charge is 0.380 e. The summed E-state index contributed by atoms with van der Waals surface area (Å²) < 4.78 is 0.593. The van der Waals surface area contributed by atoms with Crippen LogP contribution in [0.4, 0.5) is 5.69 Å². The lowest BCUT2D eigenvalue weighted by Gasteiger charge is -2.20. The molecule has 0 aliphatic heterocycles. The Morgan fingerprint density at radius 3 is 2.72 bits per heavy atom. The fourth-order valence-corrected chi connectivity index (χ4v) is 2.57. The third kappa shape index (κ3) is 3.47. The minimum Gasteiger partial charge on any atom is -0.380 e. The Hall–Kier alpha value is -1.06. The number of hydrogen-bond donors (Lipinski definition) is 1. The molecule has 1 aromatic carbocycles. The predicted octanol–water partition coefficient (Wildman–Crippen LogP) is 4.71. The van der Waals surface area contributed by atoms with Gasteiger partial charge in [0.15, 0.2) is 4.47 Å². The Kier molecular flexibility index (Phi) is 3.93. The highest BCUT2D eigenvalue weighted by Gasteiger charge is 2.13. The van der Waals surface area contributed by atoms with Crippen molar-refractivity contribution in [3.05, 3.63) is 45.4 Å². The number of thiazole rings is 1. The molecule has 0 bridgehead atoms. The van der Waals surface area contributed by atoms with Crippen molar-refractivity contribution in [3.63, 3.8) is 0 Å². The summed E-state index contributed by atoms with van der Waals surface area (Å²) in [5, 5.41) is 3.40. The molecule has 0 spiro atoms. The molecule has 96 valence electrons. The standard InChI is InChI=1S/C14H17ClN2S/c1-14(2,3)10-5-4-6-11(7-10)16-8-12-9-17-13(15)18-12/h4-7,9,16H,8H2,1-3H3. The minimum atomic E-state index is 0.172. The first-order valence-electron chi connectivity index (χ1n) is 5.90. The van der Waals surface area contributed by atoms with Gasteiger partial charge in [0, 0.05) is 16.8 Å². The van der Waals surface area contributed by atoms with Crippen molar-refractivity contribution in [2.24, 2.45) is 0 Å². The molecule has 2 aromatic rings. The zero-order chi connectivity index (χ0) is 13.2. The molecule has 18 heavy (non-hydrogen) atoms. The summed E-state index contributed by atoms with van der Waals surface area (Å²) in [6, 6.07) is 8.53. The van der Waals surface area contributed by atoms with Crippen LogP contribution < -0.4 is 5.32 Å². The lowest BCUT2D eigenvalue weighted by atomic mass is 9.87. The van der Waals surface area contributed by atoms with Crippen LogP contribution in [-0.4, -0.2) is 4.98 Å². The first-order valence-corrected chi connectivity index (χ1v) is 7.09. The van der Waals surface area contributed by atoms with Crippen LogP contribution in [-0.2, 0) is 12.0 Å². The van der Waals surface area contributed by atoms with Gasteiger partial charge in [-0.15, -0.1) is 11.3 Å². The number of rotatable bonds is 3. The summed E-state index contributed by atoms with van der Waals surface area (Å²) in [6.45, 7) is 7.41. The summed E-state index contributed by atoms with van der Waals surface area (Å²) in [5.41, 5.74) is 2.63. The fraction of sp³-hybridized carbons (Fsp3) is 0.357. The quantitative estimate of drug-likeness (QED) is 0.881. The molecule has 0 unspecified atom stereocenters. The van der Waals surface area contributed by atoms with E-state index >= 15 is 0 Å². The number of halogens is 1. The first kappa shape index (κ1) is 13.4. The Morgan fingerprint density at radius 2 is 2.11 bits per heavy atom. The van der Waals surface area contributed by atoms with E-state index in [1.165, 1.54) is 16.9 Å². The van der Waals surface area contributed by atoms with Crippen molar-refractivity contribution >= 4 is 28.6 Å². The maximum absolute atomic E-state index is 5.81. The van der Waals surface area contributed by atoms with Gasteiger partial charge in [-0.05, 0) is 23.1 Å². The van der Waals surface area contributed by atoms with Gasteiger partial charge in [0.05, 0.1) is 6.54 Å². The van der Waals surface area contributed by atoms with E-state index in [4.69, 9.17) is 11.6 Å². The molecule has 1 aromatic heterocycles. The van der Waals surface area contributed by atoms with Crippen molar-refractivity contribution in [2.45, 2.75) is 32.7 Å². The van der Waals surface area contributed by atoms with E-state index in [1.54, 1.807) is 0 Å². The zero-order valence-corrected chi connectivity index (χ0v) is 12.4. The molecule has 0 fully saturated rings. The molecule has 0 amide bonds. The summed E-state index contributed by atoms with van der Waals surface area (Å²) >= 11 is 7.32. The molecule has 0 saturated heterocycles. The smallest absolute Gasteiger partial charge is 0.183 e. The van der Waals surface area contributed by atoms with Gasteiger partial charge in [0.1, 0.15) is 0 Å². The van der Waals surface area contributed by atoms with Crippen LogP contribution in [0.15, 0.2) is 30.5 Å². The molecular weight excluding hydrogens is 264 g/mol. The van der Waals surface area contributed by atoms with Crippen molar-refractivity contribution in [1.82, 2.24) is 4.98 Å². The normalized spacial score (nSPS) is 11.6. The Bertz CT molecular complexity index is 529. The van der Waals surface area contributed by atoms with E-state index in [2.05, 4.69) is 55.3 Å². The van der Waals surface area contributed by atoms with Gasteiger partial charge in [-0.1, -0.05) is 44.5 Å². The predicted molar refractivity (Wildman–Crippen MR) is 79.6 cm³/mol. The van der Waals surface area contributed by atoms with Gasteiger partial charge < -0.3 is 5.32 Å². The molecule has 4 heteroatoms. The lowest BCUT2D eigenvalue weighted by molar-refractivity contribution is 0.590. The van der Waals surface area contributed by atoms with Crippen molar-refractivity contribution in [1.29, 1.82) is 0 Å². The summed E-state index contributed by atoms with van der Waals surface area (Å²) in [7, 11) is 0. The number of anilines is 1. The molecule has 2 rings (SSSR count). The molecule has 1 heterocycles. The molecular formula is C14H17ClN2S. The highest BCUT2D eigenvalue weighted by molar-refractivity contribution is 7.15. The van der Waals surface area contributed by atoms with Crippen molar-refractivity contribution < 1.29 is 0 Å². The maximum Gasteiger partial charge on any atom is 0.183 e. The second-order valence-electron chi connectivity index (χ2n) is 5.26. The number of nitrogens with one attached hydrogen (secondary N) is 1. The third-order valence-electron chi connectivity index (χ3n) is 2.72. The Labute approximate surface area is 117 Å². The summed E-state index contributed by atoms with van der Waals surface area (Å²) in [5.74, 6) is 0. The lowest BCUT2D eigenvalue weighted by Crippen LogP contribution is -2.11. The average molecular weight is 281 g/mol. The van der Waals surface area contributed by atoms with Crippen LogP contribution in [0, 0.1) is 0 Å². The van der Waals surface area contributed by atoms with Crippen LogP contribution in [0.2, 0.25) is 4.47 Å². The fourth-order valence-electron chi connectivity index (χ4n) is 1.65. The zero-order valence-electron chi connectivity index (χ0n) is 10.8. The topological polar surface area (TPSA) is 24.9 Å². The van der Waals surface area contributed by atoms with E-state index in [-0.39, 0.29) is 5.41 Å². The summed E-state index contributed by atoms with van der Waals surface area (Å²) in [4.78, 5) is 5.17. The highest BCUT2D eigenvalue weighted by atomic mass is 35.5. The first-order chi connectivity index (χ1) is 8.45. The van der Waals surface area contributed by atoms with E-state index < -0.39 is 0 Å². The number of benzene rings is 1. The average Bonchev–Trinajstić information content (AvgIpc) is 2.72. The molecule has 1 N–H and O–H groups in total. The van der Waals surface area contributed by atoms with Crippen LogP contribution in [0.1, 0.15) is 31.2 Å². The van der Waals surface area contributed by atoms with E-state index in [0.29, 0.717) is 4.47 Å². The van der Waals surface area contributed by atoms with Gasteiger partial charge in [-0.3, -0.25) is 0 Å². The van der Waals surface area contributed by atoms with Crippen LogP contribution in [0.25, 0.3) is 0 Å². The van der Waals surface area contributed by atoms with E-state index in [0.717, 1.165) is 17.1 Å². The second kappa shape index (κ2) is 5.29. The molecule has 0 aliphatic rings. The minimum absolute atomic E-state index is 0.172. The van der Waals surface area contributed by atoms with Gasteiger partial charge in [-0.2, -0.15) is 0 Å². The number of aromatic nitrogens is 1. The molecule has 0 aliphatic carbocycles. The number of hydrogen-bond acceptors (Lipinski definition) is 3. The summed E-state index contributed by atoms with van der Waals surface area (Å²) in [6.07, 6.45) is 1.81. The monoisotopic (exact) mass is 280 g/mol. The van der Waals surface area contributed by atoms with Crippen molar-refractivity contribution in [3.8, 4) is 0 Å². The van der Waals surface area contributed by atoms with Gasteiger partial charge in [0.2, 0.25) is 0 Å². The molecule has 0 atom stereocenters. The molecule has 0 radical (unpaired) electrons.